The lowest BCUT2D eigenvalue weighted by atomic mass is 10.3. The van der Waals surface area contributed by atoms with Gasteiger partial charge in [0.15, 0.2) is 0 Å². The van der Waals surface area contributed by atoms with E-state index in [0.29, 0.717) is 12.7 Å². The Morgan fingerprint density at radius 2 is 2.00 bits per heavy atom. The van der Waals surface area contributed by atoms with Crippen molar-refractivity contribution in [2.24, 2.45) is 0 Å². The molecule has 0 aromatic carbocycles. The molecule has 14 heavy (non-hydrogen) atoms. The third kappa shape index (κ3) is 11.8. The fraction of sp³-hybridized carbons (Fsp3) is 1.00. The minimum atomic E-state index is -0.273. The predicted octanol–water partition coefficient (Wildman–Crippen LogP) is 1.07. The van der Waals surface area contributed by atoms with E-state index in [1.165, 1.54) is 0 Å². The van der Waals surface area contributed by atoms with E-state index in [4.69, 9.17) is 14.6 Å². The second kappa shape index (κ2) is 10.9. The molecule has 1 aliphatic rings. The van der Waals surface area contributed by atoms with Crippen LogP contribution in [0.2, 0.25) is 0 Å². The number of aliphatic hydroxyl groups excluding tert-OH is 1. The highest BCUT2D eigenvalue weighted by atomic mass is 16.6. The zero-order valence-corrected chi connectivity index (χ0v) is 8.66. The van der Waals surface area contributed by atoms with E-state index < -0.39 is 0 Å². The molecule has 4 heteroatoms. The smallest absolute Gasteiger partial charge is 0.104 e. The SMILES string of the molecule is C.CCC(O)COC.COCC1CO1. The molecule has 0 aromatic rings. The first kappa shape index (κ1) is 16.3. The van der Waals surface area contributed by atoms with Gasteiger partial charge in [0.2, 0.25) is 0 Å². The molecule has 1 rings (SSSR count). The van der Waals surface area contributed by atoms with Gasteiger partial charge in [0.1, 0.15) is 6.10 Å². The summed E-state index contributed by atoms with van der Waals surface area (Å²) in [7, 11) is 3.26. The lowest BCUT2D eigenvalue weighted by Crippen LogP contribution is -2.11. The molecule has 0 aromatic heterocycles. The van der Waals surface area contributed by atoms with Gasteiger partial charge in [0.05, 0.1) is 25.9 Å². The Bertz CT molecular complexity index is 104. The molecule has 1 N–H and O–H groups in total. The maximum Gasteiger partial charge on any atom is 0.104 e. The summed E-state index contributed by atoms with van der Waals surface area (Å²) in [6.07, 6.45) is 0.924. The molecule has 0 bridgehead atoms. The first-order valence-electron chi connectivity index (χ1n) is 4.52. The summed E-state index contributed by atoms with van der Waals surface area (Å²) in [5.41, 5.74) is 0. The summed E-state index contributed by atoms with van der Waals surface area (Å²) in [6.45, 7) is 4.04. The predicted molar refractivity (Wildman–Crippen MR) is 56.5 cm³/mol. The lowest BCUT2D eigenvalue weighted by molar-refractivity contribution is 0.0625. The Morgan fingerprint density at radius 3 is 2.14 bits per heavy atom. The summed E-state index contributed by atoms with van der Waals surface area (Å²) >= 11 is 0. The number of rotatable bonds is 5. The van der Waals surface area contributed by atoms with Gasteiger partial charge in [-0.2, -0.15) is 0 Å². The van der Waals surface area contributed by atoms with Crippen LogP contribution in [-0.2, 0) is 14.2 Å². The van der Waals surface area contributed by atoms with Crippen LogP contribution in [0.5, 0.6) is 0 Å². The van der Waals surface area contributed by atoms with Crippen molar-refractivity contribution in [1.82, 2.24) is 0 Å². The van der Waals surface area contributed by atoms with Gasteiger partial charge in [-0.25, -0.2) is 0 Å². The number of ether oxygens (including phenoxy) is 3. The molecule has 0 amide bonds. The zero-order valence-electron chi connectivity index (χ0n) is 8.66. The molecule has 1 heterocycles. The van der Waals surface area contributed by atoms with Crippen LogP contribution in [0.3, 0.4) is 0 Å². The average molecular weight is 208 g/mol. The Kier molecular flexibility index (Phi) is 12.7. The van der Waals surface area contributed by atoms with E-state index in [0.717, 1.165) is 19.6 Å². The van der Waals surface area contributed by atoms with Gasteiger partial charge in [-0.1, -0.05) is 14.4 Å². The monoisotopic (exact) mass is 208 g/mol. The molecule has 0 spiro atoms. The summed E-state index contributed by atoms with van der Waals surface area (Å²) in [6, 6.07) is 0. The van der Waals surface area contributed by atoms with E-state index >= 15 is 0 Å². The van der Waals surface area contributed by atoms with Crippen molar-refractivity contribution in [1.29, 1.82) is 0 Å². The van der Waals surface area contributed by atoms with Crippen LogP contribution in [0.4, 0.5) is 0 Å². The quantitative estimate of drug-likeness (QED) is 0.687. The van der Waals surface area contributed by atoms with Crippen molar-refractivity contribution in [2.45, 2.75) is 33.0 Å². The van der Waals surface area contributed by atoms with E-state index in [2.05, 4.69) is 4.74 Å². The standard InChI is InChI=1S/C5H12O2.C4H8O2.CH4/c1-3-5(6)4-7-2;1-5-2-4-3-6-4;/h5-6H,3-4H2,1-2H3;4H,2-3H2,1H3;1H4. The Balaban J connectivity index is 0. The number of hydrogen-bond donors (Lipinski definition) is 1. The lowest BCUT2D eigenvalue weighted by Gasteiger charge is -2.02. The molecule has 1 fully saturated rings. The van der Waals surface area contributed by atoms with E-state index in [-0.39, 0.29) is 13.5 Å². The van der Waals surface area contributed by atoms with Crippen molar-refractivity contribution < 1.29 is 19.3 Å². The Labute approximate surface area is 87.2 Å². The van der Waals surface area contributed by atoms with Gasteiger partial charge < -0.3 is 19.3 Å². The highest BCUT2D eigenvalue weighted by molar-refractivity contribution is 4.66. The maximum absolute atomic E-state index is 8.73. The second-order valence-electron chi connectivity index (χ2n) is 2.93. The normalized spacial score (nSPS) is 20.1. The van der Waals surface area contributed by atoms with Crippen molar-refractivity contribution in [2.75, 3.05) is 34.0 Å². The maximum atomic E-state index is 8.73. The van der Waals surface area contributed by atoms with Crippen LogP contribution in [0.15, 0.2) is 0 Å². The van der Waals surface area contributed by atoms with Gasteiger partial charge in [-0.05, 0) is 6.42 Å². The molecule has 88 valence electrons. The van der Waals surface area contributed by atoms with Crippen LogP contribution in [0.25, 0.3) is 0 Å². The average Bonchev–Trinajstić information content (AvgIpc) is 2.91. The van der Waals surface area contributed by atoms with Crippen LogP contribution in [0.1, 0.15) is 20.8 Å². The van der Waals surface area contributed by atoms with E-state index in [9.17, 15) is 0 Å². The molecule has 0 radical (unpaired) electrons. The molecule has 4 nitrogen and oxygen atoms in total. The Hall–Kier alpha value is -0.160. The topological polar surface area (TPSA) is 51.2 Å². The summed E-state index contributed by atoms with van der Waals surface area (Å²) in [5.74, 6) is 0. The van der Waals surface area contributed by atoms with Crippen molar-refractivity contribution >= 4 is 0 Å². The third-order valence-corrected chi connectivity index (χ3v) is 1.59. The molecule has 0 saturated carbocycles. The summed E-state index contributed by atoms with van der Waals surface area (Å²) in [5, 5.41) is 8.73. The number of epoxide rings is 1. The largest absolute Gasteiger partial charge is 0.391 e. The molecule has 1 saturated heterocycles. The van der Waals surface area contributed by atoms with Gasteiger partial charge in [0.25, 0.3) is 0 Å². The van der Waals surface area contributed by atoms with Gasteiger partial charge in [-0.3, -0.25) is 0 Å². The molecule has 2 atom stereocenters. The van der Waals surface area contributed by atoms with Crippen LogP contribution >= 0.6 is 0 Å². The molecule has 2 unspecified atom stereocenters. The van der Waals surface area contributed by atoms with Crippen molar-refractivity contribution in [3.63, 3.8) is 0 Å². The minimum absolute atomic E-state index is 0. The number of methoxy groups -OCH3 is 2. The summed E-state index contributed by atoms with van der Waals surface area (Å²) in [4.78, 5) is 0. The van der Waals surface area contributed by atoms with Gasteiger partial charge >= 0.3 is 0 Å². The molecule has 0 aliphatic carbocycles. The molecular formula is C10H24O4. The van der Waals surface area contributed by atoms with E-state index in [1.807, 2.05) is 6.92 Å². The molecular weight excluding hydrogens is 184 g/mol. The van der Waals surface area contributed by atoms with Gasteiger partial charge in [0, 0.05) is 14.2 Å². The van der Waals surface area contributed by atoms with Crippen LogP contribution in [-0.4, -0.2) is 51.4 Å². The van der Waals surface area contributed by atoms with Crippen molar-refractivity contribution in [3.8, 4) is 0 Å². The zero-order chi connectivity index (χ0) is 10.1. The number of aliphatic hydroxyl groups is 1. The first-order chi connectivity index (χ1) is 6.24. The second-order valence-corrected chi connectivity index (χ2v) is 2.93. The first-order valence-corrected chi connectivity index (χ1v) is 4.52. The summed E-state index contributed by atoms with van der Waals surface area (Å²) < 4.78 is 14.2. The fourth-order valence-electron chi connectivity index (χ4n) is 0.660. The van der Waals surface area contributed by atoms with Gasteiger partial charge in [-0.15, -0.1) is 0 Å². The highest BCUT2D eigenvalue weighted by Gasteiger charge is 2.21. The number of hydrogen-bond acceptors (Lipinski definition) is 4. The molecule has 1 aliphatic heterocycles. The third-order valence-electron chi connectivity index (χ3n) is 1.59. The van der Waals surface area contributed by atoms with Crippen molar-refractivity contribution in [3.05, 3.63) is 0 Å². The highest BCUT2D eigenvalue weighted by Crippen LogP contribution is 2.06. The fourth-order valence-corrected chi connectivity index (χ4v) is 0.660. The van der Waals surface area contributed by atoms with Crippen LogP contribution in [0, 0.1) is 0 Å². The van der Waals surface area contributed by atoms with Crippen LogP contribution < -0.4 is 0 Å². The minimum Gasteiger partial charge on any atom is -0.391 e. The van der Waals surface area contributed by atoms with E-state index in [1.54, 1.807) is 14.2 Å². The Morgan fingerprint density at radius 1 is 1.43 bits per heavy atom.